The molecule has 1 amide bonds. The average Bonchev–Trinajstić information content (AvgIpc) is 3.14. The highest BCUT2D eigenvalue weighted by Gasteiger charge is 2.66. The normalized spacial score (nSPS) is 24.0. The number of ether oxygens (including phenoxy) is 2. The van der Waals surface area contributed by atoms with Crippen LogP contribution in [0.3, 0.4) is 0 Å². The van der Waals surface area contributed by atoms with E-state index in [1.165, 1.54) is 31.9 Å². The molecule has 3 atom stereocenters. The van der Waals surface area contributed by atoms with E-state index in [2.05, 4.69) is 10.5 Å². The third-order valence-corrected chi connectivity index (χ3v) is 6.56. The number of esters is 1. The summed E-state index contributed by atoms with van der Waals surface area (Å²) in [5.41, 5.74) is -1.50. The van der Waals surface area contributed by atoms with Crippen molar-refractivity contribution in [3.8, 4) is 5.88 Å². The molecule has 162 valence electrons. The van der Waals surface area contributed by atoms with E-state index >= 15 is 0 Å². The van der Waals surface area contributed by atoms with E-state index in [0.717, 1.165) is 4.90 Å². The number of nitrogens with one attached hydrogen (secondary N) is 1. The lowest BCUT2D eigenvalue weighted by molar-refractivity contribution is -0.187. The molecule has 1 aromatic rings. The van der Waals surface area contributed by atoms with Gasteiger partial charge in [-0.15, -0.1) is 11.8 Å². The second-order valence-electron chi connectivity index (χ2n) is 6.61. The quantitative estimate of drug-likeness (QED) is 0.227. The lowest BCUT2D eigenvalue weighted by atomic mass is 9.97. The number of thiocarbonyl (C=S) groups is 1. The van der Waals surface area contributed by atoms with Crippen LogP contribution in [-0.2, 0) is 23.9 Å². The summed E-state index contributed by atoms with van der Waals surface area (Å²) in [7, 11) is 1.31. The van der Waals surface area contributed by atoms with E-state index in [4.69, 9.17) is 26.2 Å². The van der Waals surface area contributed by atoms with Gasteiger partial charge in [-0.2, -0.15) is 0 Å². The Kier molecular flexibility index (Phi) is 6.06. The smallest absolute Gasteiger partial charge is 0.352 e. The molecule has 1 aromatic heterocycles. The molecule has 1 saturated heterocycles. The molecule has 11 nitrogen and oxygen atoms in total. The van der Waals surface area contributed by atoms with Crippen LogP contribution in [0.2, 0.25) is 0 Å². The number of aromatic nitrogens is 1. The maximum atomic E-state index is 13.0. The molecule has 1 unspecified atom stereocenters. The standard InChI is InChI=1S/C17H19N3O8S2/c1-7(10-4-11(22)19-28-10)13(29)18-17(26-3)15(25)20-12(14(23)24)9(5-27-8(2)21)6-30-16(17)20/h4,7,16H,5-6H2,1-3H3,(H,18,29)(H,19,22)(H,23,24)/t7?,16-,17-/m0/s1. The first-order valence-electron chi connectivity index (χ1n) is 8.69. The van der Waals surface area contributed by atoms with Crippen molar-refractivity contribution in [1.29, 1.82) is 0 Å². The molecule has 3 rings (SSSR count). The number of carboxylic acid groups (broad SMARTS) is 1. The largest absolute Gasteiger partial charge is 0.491 e. The van der Waals surface area contributed by atoms with Gasteiger partial charge in [0.2, 0.25) is 0 Å². The minimum absolute atomic E-state index is 0.188. The molecule has 0 aromatic carbocycles. The number of β-lactam (4-membered cyclic amide) rings is 1. The number of methoxy groups -OCH3 is 1. The number of carbonyl (C=O) groups excluding carboxylic acids is 2. The van der Waals surface area contributed by atoms with Crippen molar-refractivity contribution in [2.75, 3.05) is 19.5 Å². The number of aromatic hydroxyl groups is 1. The Bertz CT molecular complexity index is 945. The Morgan fingerprint density at radius 1 is 1.57 bits per heavy atom. The number of nitrogens with zero attached hydrogens (tertiary/aromatic N) is 2. The van der Waals surface area contributed by atoms with Crippen LogP contribution in [0, 0.1) is 0 Å². The second-order valence-corrected chi connectivity index (χ2v) is 8.12. The summed E-state index contributed by atoms with van der Waals surface area (Å²) in [5.74, 6) is -2.85. The first-order valence-corrected chi connectivity index (χ1v) is 10.1. The van der Waals surface area contributed by atoms with Gasteiger partial charge in [-0.05, 0) is 12.1 Å². The van der Waals surface area contributed by atoms with Gasteiger partial charge in [-0.25, -0.2) is 4.79 Å². The Morgan fingerprint density at radius 3 is 2.80 bits per heavy atom. The molecule has 0 aliphatic carbocycles. The number of carbonyl (C=O) groups is 3. The van der Waals surface area contributed by atoms with Crippen LogP contribution in [0.15, 0.2) is 21.9 Å². The molecular weight excluding hydrogens is 438 g/mol. The minimum Gasteiger partial charge on any atom is -0.491 e. The maximum Gasteiger partial charge on any atom is 0.352 e. The number of hydrogen-bond donors (Lipinski definition) is 3. The lowest BCUT2D eigenvalue weighted by Gasteiger charge is -2.56. The van der Waals surface area contributed by atoms with E-state index < -0.39 is 34.9 Å². The maximum absolute atomic E-state index is 13.0. The van der Waals surface area contributed by atoms with Gasteiger partial charge in [0.25, 0.3) is 17.5 Å². The molecule has 0 spiro atoms. The topological polar surface area (TPSA) is 151 Å². The molecule has 3 heterocycles. The van der Waals surface area contributed by atoms with Gasteiger partial charge in [-0.1, -0.05) is 12.2 Å². The molecule has 1 fully saturated rings. The molecular formula is C17H19N3O8S2. The zero-order valence-corrected chi connectivity index (χ0v) is 17.8. The van der Waals surface area contributed by atoms with Crippen LogP contribution in [0.25, 0.3) is 0 Å². The van der Waals surface area contributed by atoms with Crippen molar-refractivity contribution in [2.45, 2.75) is 30.9 Å². The van der Waals surface area contributed by atoms with Gasteiger partial charge >= 0.3 is 11.9 Å². The SMILES string of the molecule is CO[C@@]1(NC(=S)C(C)c2cc(O)no2)C(=O)N2C(C(=O)O)=C(COC(C)=O)CS[C@H]21. The van der Waals surface area contributed by atoms with Gasteiger partial charge < -0.3 is 29.5 Å². The number of amides is 1. The molecule has 0 radical (unpaired) electrons. The zero-order valence-electron chi connectivity index (χ0n) is 16.2. The average molecular weight is 457 g/mol. The van der Waals surface area contributed by atoms with Crippen LogP contribution in [0.4, 0.5) is 0 Å². The van der Waals surface area contributed by atoms with E-state index in [1.807, 2.05) is 0 Å². The fraction of sp³-hybridized carbons (Fsp3) is 0.471. The predicted octanol–water partition coefficient (Wildman–Crippen LogP) is 0.560. The van der Waals surface area contributed by atoms with Crippen molar-refractivity contribution >= 4 is 46.8 Å². The van der Waals surface area contributed by atoms with Crippen LogP contribution in [0.5, 0.6) is 5.88 Å². The number of fused-ring (bicyclic) bond motifs is 1. The third-order valence-electron chi connectivity index (χ3n) is 4.73. The zero-order chi connectivity index (χ0) is 22.2. The van der Waals surface area contributed by atoms with Crippen molar-refractivity contribution in [2.24, 2.45) is 0 Å². The molecule has 2 aliphatic rings. The second kappa shape index (κ2) is 8.24. The van der Waals surface area contributed by atoms with Gasteiger partial charge in [-0.3, -0.25) is 14.5 Å². The van der Waals surface area contributed by atoms with Crippen molar-refractivity contribution in [1.82, 2.24) is 15.4 Å². The van der Waals surface area contributed by atoms with Crippen LogP contribution in [0.1, 0.15) is 25.5 Å². The van der Waals surface area contributed by atoms with Crippen molar-refractivity contribution < 1.29 is 38.6 Å². The number of carboxylic acids is 1. The Hall–Kier alpha value is -2.64. The van der Waals surface area contributed by atoms with E-state index in [9.17, 15) is 24.6 Å². The minimum atomic E-state index is -1.58. The third kappa shape index (κ3) is 3.63. The summed E-state index contributed by atoms with van der Waals surface area (Å²) in [6, 6.07) is 1.30. The van der Waals surface area contributed by atoms with Crippen LogP contribution in [-0.4, -0.2) is 73.7 Å². The summed E-state index contributed by atoms with van der Waals surface area (Å²) in [5, 5.41) is 24.6. The number of rotatable bonds is 7. The monoisotopic (exact) mass is 457 g/mol. The summed E-state index contributed by atoms with van der Waals surface area (Å²) in [4.78, 5) is 37.2. The predicted molar refractivity (Wildman–Crippen MR) is 106 cm³/mol. The summed E-state index contributed by atoms with van der Waals surface area (Å²) in [6.45, 7) is 2.68. The van der Waals surface area contributed by atoms with Gasteiger partial charge in [0.05, 0.1) is 10.9 Å². The van der Waals surface area contributed by atoms with Gasteiger partial charge in [0.1, 0.15) is 23.4 Å². The molecule has 2 aliphatic heterocycles. The molecule has 30 heavy (non-hydrogen) atoms. The highest BCUT2D eigenvalue weighted by Crippen LogP contribution is 2.47. The summed E-state index contributed by atoms with van der Waals surface area (Å²) < 4.78 is 15.4. The van der Waals surface area contributed by atoms with E-state index in [1.54, 1.807) is 6.92 Å². The first kappa shape index (κ1) is 22.1. The number of hydrogen-bond acceptors (Lipinski definition) is 10. The fourth-order valence-electron chi connectivity index (χ4n) is 3.15. The molecule has 3 N–H and O–H groups in total. The lowest BCUT2D eigenvalue weighted by Crippen LogP contribution is -2.80. The molecule has 0 saturated carbocycles. The van der Waals surface area contributed by atoms with E-state index in [0.29, 0.717) is 5.57 Å². The fourth-order valence-corrected chi connectivity index (χ4v) is 4.83. The Morgan fingerprint density at radius 2 is 2.27 bits per heavy atom. The molecule has 0 bridgehead atoms. The highest BCUT2D eigenvalue weighted by molar-refractivity contribution is 8.00. The number of thioether (sulfide) groups is 1. The highest BCUT2D eigenvalue weighted by atomic mass is 32.2. The van der Waals surface area contributed by atoms with Crippen LogP contribution >= 0.6 is 24.0 Å². The summed E-state index contributed by atoms with van der Waals surface area (Å²) >= 11 is 6.63. The van der Waals surface area contributed by atoms with E-state index in [-0.39, 0.29) is 34.7 Å². The van der Waals surface area contributed by atoms with Crippen LogP contribution < -0.4 is 5.32 Å². The number of aliphatic carboxylic acids is 1. The first-order chi connectivity index (χ1) is 14.1. The van der Waals surface area contributed by atoms with Crippen molar-refractivity contribution in [3.63, 3.8) is 0 Å². The van der Waals surface area contributed by atoms with Gasteiger partial charge in [0.15, 0.2) is 0 Å². The summed E-state index contributed by atoms with van der Waals surface area (Å²) in [6.07, 6.45) is 0. The van der Waals surface area contributed by atoms with Crippen molar-refractivity contribution in [3.05, 3.63) is 23.1 Å². The molecule has 13 heteroatoms. The Labute approximate surface area is 180 Å². The van der Waals surface area contributed by atoms with Gasteiger partial charge in [0, 0.05) is 31.4 Å². The Balaban J connectivity index is 1.84.